The van der Waals surface area contributed by atoms with Crippen LogP contribution in [0.1, 0.15) is 0 Å². The molecule has 1 heterocycles. The first kappa shape index (κ1) is 12.7. The van der Waals surface area contributed by atoms with Crippen molar-refractivity contribution in [1.82, 2.24) is 4.98 Å². The van der Waals surface area contributed by atoms with Crippen LogP contribution in [0.25, 0.3) is 33.3 Å². The number of para-hydroxylation sites is 1. The topological polar surface area (TPSA) is 41.8 Å². The van der Waals surface area contributed by atoms with Gasteiger partial charge in [-0.3, -0.25) is 0 Å². The maximum absolute atomic E-state index is 5.82. The summed E-state index contributed by atoms with van der Waals surface area (Å²) in [6.45, 7) is 0. The summed E-state index contributed by atoms with van der Waals surface area (Å²) < 4.78 is 0. The molecule has 1 aromatic heterocycles. The second-order valence-corrected chi connectivity index (χ2v) is 5.41. The van der Waals surface area contributed by atoms with Crippen LogP contribution in [-0.4, -0.2) is 4.98 Å². The molecule has 2 nitrogen and oxygen atoms in total. The van der Waals surface area contributed by atoms with Gasteiger partial charge >= 0.3 is 0 Å². The lowest BCUT2D eigenvalue weighted by Crippen LogP contribution is -1.86. The lowest BCUT2D eigenvalue weighted by Gasteiger charge is -2.06. The van der Waals surface area contributed by atoms with Crippen LogP contribution in [0.3, 0.4) is 0 Å². The van der Waals surface area contributed by atoms with E-state index < -0.39 is 0 Å². The van der Waals surface area contributed by atoms with Crippen LogP contribution in [0, 0.1) is 0 Å². The van der Waals surface area contributed by atoms with Gasteiger partial charge in [-0.25, -0.2) is 0 Å². The highest BCUT2D eigenvalue weighted by molar-refractivity contribution is 6.03. The van der Waals surface area contributed by atoms with Crippen molar-refractivity contribution >= 4 is 16.6 Å². The fourth-order valence-corrected chi connectivity index (χ4v) is 2.91. The molecule has 0 aliphatic rings. The van der Waals surface area contributed by atoms with Crippen LogP contribution in [0.4, 0.5) is 5.69 Å². The Morgan fingerprint density at radius 2 is 1.32 bits per heavy atom. The molecule has 0 atom stereocenters. The highest BCUT2D eigenvalue weighted by atomic mass is 14.7. The lowest BCUT2D eigenvalue weighted by atomic mass is 9.98. The molecule has 4 rings (SSSR count). The average molecular weight is 284 g/mol. The van der Waals surface area contributed by atoms with Crippen molar-refractivity contribution in [2.45, 2.75) is 0 Å². The molecule has 4 aromatic rings. The SMILES string of the molecule is Nc1ccc(-c2[nH]c3ccccc3c2-c2ccccc2)cc1. The first-order chi connectivity index (χ1) is 10.8. The predicted octanol–water partition coefficient (Wildman–Crippen LogP) is 5.08. The van der Waals surface area contributed by atoms with Crippen molar-refractivity contribution in [2.24, 2.45) is 0 Å². The maximum atomic E-state index is 5.82. The summed E-state index contributed by atoms with van der Waals surface area (Å²) in [5.41, 5.74) is 12.5. The zero-order chi connectivity index (χ0) is 14.9. The molecule has 0 aliphatic heterocycles. The van der Waals surface area contributed by atoms with Gasteiger partial charge in [0.15, 0.2) is 0 Å². The second-order valence-electron chi connectivity index (χ2n) is 5.41. The Labute approximate surface area is 129 Å². The van der Waals surface area contributed by atoms with E-state index in [1.165, 1.54) is 16.5 Å². The zero-order valence-electron chi connectivity index (χ0n) is 12.1. The summed E-state index contributed by atoms with van der Waals surface area (Å²) in [6.07, 6.45) is 0. The first-order valence-electron chi connectivity index (χ1n) is 7.35. The third-order valence-corrected chi connectivity index (χ3v) is 3.97. The molecule has 2 heteroatoms. The van der Waals surface area contributed by atoms with E-state index in [0.717, 1.165) is 22.5 Å². The van der Waals surface area contributed by atoms with Crippen molar-refractivity contribution in [3.63, 3.8) is 0 Å². The van der Waals surface area contributed by atoms with Gasteiger partial charge in [-0.05, 0) is 29.3 Å². The number of benzene rings is 3. The Kier molecular flexibility index (Phi) is 2.94. The van der Waals surface area contributed by atoms with Gasteiger partial charge in [0, 0.05) is 22.2 Å². The quantitative estimate of drug-likeness (QED) is 0.495. The second kappa shape index (κ2) is 5.08. The number of hydrogen-bond donors (Lipinski definition) is 2. The average Bonchev–Trinajstić information content (AvgIpc) is 2.96. The van der Waals surface area contributed by atoms with Crippen molar-refractivity contribution in [1.29, 1.82) is 0 Å². The van der Waals surface area contributed by atoms with Gasteiger partial charge in [-0.15, -0.1) is 0 Å². The number of H-pyrrole nitrogens is 1. The first-order valence-corrected chi connectivity index (χ1v) is 7.35. The molecule has 0 radical (unpaired) electrons. The third kappa shape index (κ3) is 2.06. The van der Waals surface area contributed by atoms with Crippen LogP contribution < -0.4 is 5.73 Å². The molecule has 0 saturated carbocycles. The van der Waals surface area contributed by atoms with E-state index in [9.17, 15) is 0 Å². The molecule has 0 bridgehead atoms. The van der Waals surface area contributed by atoms with Crippen LogP contribution in [0.15, 0.2) is 78.9 Å². The number of nitrogens with two attached hydrogens (primary N) is 1. The van der Waals surface area contributed by atoms with E-state index >= 15 is 0 Å². The molecule has 3 aromatic carbocycles. The molecular weight excluding hydrogens is 268 g/mol. The Bertz CT molecular complexity index is 919. The van der Waals surface area contributed by atoms with Crippen molar-refractivity contribution in [3.8, 4) is 22.4 Å². The minimum Gasteiger partial charge on any atom is -0.399 e. The van der Waals surface area contributed by atoms with Gasteiger partial charge < -0.3 is 10.7 Å². The summed E-state index contributed by atoms with van der Waals surface area (Å²) in [5, 5.41) is 1.24. The number of hydrogen-bond acceptors (Lipinski definition) is 1. The van der Waals surface area contributed by atoms with E-state index in [4.69, 9.17) is 5.73 Å². The van der Waals surface area contributed by atoms with Gasteiger partial charge in [-0.1, -0.05) is 60.7 Å². The molecule has 106 valence electrons. The van der Waals surface area contributed by atoms with Gasteiger partial charge in [-0.2, -0.15) is 0 Å². The summed E-state index contributed by atoms with van der Waals surface area (Å²) in [4.78, 5) is 3.56. The van der Waals surface area contributed by atoms with Crippen LogP contribution in [0.2, 0.25) is 0 Å². The Hall–Kier alpha value is -3.00. The maximum Gasteiger partial charge on any atom is 0.0544 e. The Balaban J connectivity index is 2.04. The van der Waals surface area contributed by atoms with Crippen molar-refractivity contribution in [2.75, 3.05) is 5.73 Å². The van der Waals surface area contributed by atoms with Crippen LogP contribution in [-0.2, 0) is 0 Å². The van der Waals surface area contributed by atoms with Crippen molar-refractivity contribution in [3.05, 3.63) is 78.9 Å². The van der Waals surface area contributed by atoms with Crippen molar-refractivity contribution < 1.29 is 0 Å². The molecular formula is C20H16N2. The molecule has 0 fully saturated rings. The minimum absolute atomic E-state index is 0.779. The lowest BCUT2D eigenvalue weighted by molar-refractivity contribution is 1.45. The normalized spacial score (nSPS) is 10.9. The van der Waals surface area contributed by atoms with E-state index in [2.05, 4.69) is 65.6 Å². The van der Waals surface area contributed by atoms with E-state index in [1.54, 1.807) is 0 Å². The Morgan fingerprint density at radius 3 is 2.09 bits per heavy atom. The minimum atomic E-state index is 0.779. The number of aromatic amines is 1. The summed E-state index contributed by atoms with van der Waals surface area (Å²) >= 11 is 0. The predicted molar refractivity (Wildman–Crippen MR) is 93.6 cm³/mol. The smallest absolute Gasteiger partial charge is 0.0544 e. The van der Waals surface area contributed by atoms with Gasteiger partial charge in [0.1, 0.15) is 0 Å². The highest BCUT2D eigenvalue weighted by Gasteiger charge is 2.14. The number of anilines is 1. The third-order valence-electron chi connectivity index (χ3n) is 3.97. The number of nitrogen functional groups attached to an aromatic ring is 1. The van der Waals surface area contributed by atoms with Gasteiger partial charge in [0.2, 0.25) is 0 Å². The molecule has 0 aliphatic carbocycles. The molecule has 0 saturated heterocycles. The molecule has 3 N–H and O–H groups in total. The fourth-order valence-electron chi connectivity index (χ4n) is 2.91. The molecule has 0 spiro atoms. The molecule has 0 unspecified atom stereocenters. The fraction of sp³-hybridized carbons (Fsp3) is 0. The highest BCUT2D eigenvalue weighted by Crippen LogP contribution is 2.38. The number of aromatic nitrogens is 1. The number of nitrogens with one attached hydrogen (secondary N) is 1. The van der Waals surface area contributed by atoms with E-state index in [1.807, 2.05) is 18.2 Å². The van der Waals surface area contributed by atoms with Crippen LogP contribution >= 0.6 is 0 Å². The molecule has 0 amide bonds. The summed E-state index contributed by atoms with van der Waals surface area (Å²) in [5.74, 6) is 0. The summed E-state index contributed by atoms with van der Waals surface area (Å²) in [7, 11) is 0. The number of fused-ring (bicyclic) bond motifs is 1. The number of rotatable bonds is 2. The van der Waals surface area contributed by atoms with Gasteiger partial charge in [0.25, 0.3) is 0 Å². The summed E-state index contributed by atoms with van der Waals surface area (Å²) in [6, 6.07) is 26.9. The Morgan fingerprint density at radius 1 is 0.636 bits per heavy atom. The standard InChI is InChI=1S/C20H16N2/c21-16-12-10-15(11-13-16)20-19(14-6-2-1-3-7-14)17-8-4-5-9-18(17)22-20/h1-13,22H,21H2. The van der Waals surface area contributed by atoms with Gasteiger partial charge in [0.05, 0.1) is 5.69 Å². The van der Waals surface area contributed by atoms with E-state index in [-0.39, 0.29) is 0 Å². The van der Waals surface area contributed by atoms with Crippen LogP contribution in [0.5, 0.6) is 0 Å². The zero-order valence-corrected chi connectivity index (χ0v) is 12.1. The monoisotopic (exact) mass is 284 g/mol. The largest absolute Gasteiger partial charge is 0.399 e. The van der Waals surface area contributed by atoms with E-state index in [0.29, 0.717) is 0 Å². The molecule has 22 heavy (non-hydrogen) atoms.